The number of ether oxygens (including phenoxy) is 1. The van der Waals surface area contributed by atoms with Crippen LogP contribution in [0.2, 0.25) is 5.02 Å². The molecule has 0 bridgehead atoms. The highest BCUT2D eigenvalue weighted by Crippen LogP contribution is 2.38. The van der Waals surface area contributed by atoms with Gasteiger partial charge in [-0.05, 0) is 30.3 Å². The molecule has 0 saturated heterocycles. The van der Waals surface area contributed by atoms with Gasteiger partial charge in [-0.25, -0.2) is 9.97 Å². The Morgan fingerprint density at radius 2 is 1.97 bits per heavy atom. The quantitative estimate of drug-likeness (QED) is 0.307. The second kappa shape index (κ2) is 7.94. The summed E-state index contributed by atoms with van der Waals surface area (Å²) in [6.07, 6.45) is 4.18. The summed E-state index contributed by atoms with van der Waals surface area (Å²) in [6.45, 7) is 0. The summed E-state index contributed by atoms with van der Waals surface area (Å²) in [5.41, 5.74) is 0.0971. The molecule has 0 unspecified atom stereocenters. The first-order valence-corrected chi connectivity index (χ1v) is 9.29. The maximum absolute atomic E-state index is 11.7. The highest BCUT2D eigenvalue weighted by Gasteiger charge is 2.26. The van der Waals surface area contributed by atoms with Gasteiger partial charge in [0.15, 0.2) is 5.75 Å². The number of nitrogens with zero attached hydrogens (tertiary/aromatic N) is 5. The number of nitrogens with one attached hydrogen (secondary N) is 1. The number of hydrogen-bond donors (Lipinski definition) is 1. The molecule has 3 heterocycles. The molecule has 144 valence electrons. The first-order valence-electron chi connectivity index (χ1n) is 8.12. The van der Waals surface area contributed by atoms with Crippen LogP contribution in [0.5, 0.6) is 11.6 Å². The second-order valence-electron chi connectivity index (χ2n) is 5.67. The third-order valence-electron chi connectivity index (χ3n) is 3.83. The van der Waals surface area contributed by atoms with Gasteiger partial charge in [-0.15, -0.1) is 0 Å². The third kappa shape index (κ3) is 3.93. The van der Waals surface area contributed by atoms with Crippen LogP contribution >= 0.6 is 27.5 Å². The Labute approximate surface area is 177 Å². The van der Waals surface area contributed by atoms with Crippen LogP contribution in [0.15, 0.2) is 59.6 Å². The van der Waals surface area contributed by atoms with Gasteiger partial charge in [0.05, 0.1) is 9.95 Å². The summed E-state index contributed by atoms with van der Waals surface area (Å²) in [6, 6.07) is 10.2. The van der Waals surface area contributed by atoms with E-state index in [1.54, 1.807) is 36.5 Å². The molecule has 11 heteroatoms. The minimum absolute atomic E-state index is 0.0656. The number of rotatable bonds is 5. The summed E-state index contributed by atoms with van der Waals surface area (Å²) in [7, 11) is 0. The van der Waals surface area contributed by atoms with E-state index in [-0.39, 0.29) is 11.7 Å². The van der Waals surface area contributed by atoms with Crippen molar-refractivity contribution in [1.82, 2.24) is 19.9 Å². The molecule has 29 heavy (non-hydrogen) atoms. The van der Waals surface area contributed by atoms with Gasteiger partial charge in [0.1, 0.15) is 17.7 Å². The van der Waals surface area contributed by atoms with Gasteiger partial charge in [0, 0.05) is 22.3 Å². The molecule has 0 saturated carbocycles. The fraction of sp³-hybridized carbons (Fsp3) is 0. The Bertz CT molecular complexity index is 1220. The Hall–Kier alpha value is -3.37. The molecule has 0 aliphatic heterocycles. The van der Waals surface area contributed by atoms with Crippen molar-refractivity contribution in [3.63, 3.8) is 0 Å². The van der Waals surface area contributed by atoms with Crippen LogP contribution in [0.3, 0.4) is 0 Å². The van der Waals surface area contributed by atoms with Crippen molar-refractivity contribution < 1.29 is 9.66 Å². The molecule has 9 nitrogen and oxygen atoms in total. The van der Waals surface area contributed by atoms with E-state index < -0.39 is 10.6 Å². The van der Waals surface area contributed by atoms with Gasteiger partial charge in [0.25, 0.3) is 0 Å². The van der Waals surface area contributed by atoms with E-state index in [0.717, 1.165) is 16.2 Å². The summed E-state index contributed by atoms with van der Waals surface area (Å²) < 4.78 is 6.60. The lowest BCUT2D eigenvalue weighted by molar-refractivity contribution is -0.385. The molecule has 0 atom stereocenters. The molecule has 3 aromatic heterocycles. The molecular weight excluding hydrogens is 464 g/mol. The van der Waals surface area contributed by atoms with Gasteiger partial charge in [-0.1, -0.05) is 33.6 Å². The topological polar surface area (TPSA) is 116 Å². The predicted octanol–water partition coefficient (Wildman–Crippen LogP) is 5.28. The van der Waals surface area contributed by atoms with E-state index in [0.29, 0.717) is 22.1 Å². The average Bonchev–Trinajstić information content (AvgIpc) is 2.72. The molecule has 0 radical (unpaired) electrons. The van der Waals surface area contributed by atoms with Crippen molar-refractivity contribution in [3.8, 4) is 11.6 Å². The van der Waals surface area contributed by atoms with Crippen LogP contribution in [-0.2, 0) is 0 Å². The maximum atomic E-state index is 11.7. The smallest absolute Gasteiger partial charge is 0.373 e. The zero-order chi connectivity index (χ0) is 20.4. The molecule has 0 aliphatic carbocycles. The number of hydrogen-bond acceptors (Lipinski definition) is 8. The Morgan fingerprint density at radius 1 is 1.10 bits per heavy atom. The van der Waals surface area contributed by atoms with Crippen molar-refractivity contribution >= 4 is 55.8 Å². The average molecular weight is 474 g/mol. The number of nitro groups is 1. The van der Waals surface area contributed by atoms with Crippen molar-refractivity contribution in [1.29, 1.82) is 0 Å². The van der Waals surface area contributed by atoms with Crippen LogP contribution in [0.1, 0.15) is 0 Å². The first-order chi connectivity index (χ1) is 14.0. The molecule has 1 N–H and O–H groups in total. The highest BCUT2D eigenvalue weighted by molar-refractivity contribution is 9.10. The number of halogens is 2. The summed E-state index contributed by atoms with van der Waals surface area (Å²) in [5.74, 6) is 0.360. The van der Waals surface area contributed by atoms with Crippen LogP contribution in [0.4, 0.5) is 17.3 Å². The second-order valence-corrected chi connectivity index (χ2v) is 6.96. The number of aromatic nitrogens is 4. The van der Waals surface area contributed by atoms with Crippen molar-refractivity contribution in [2.24, 2.45) is 0 Å². The monoisotopic (exact) mass is 472 g/mol. The Morgan fingerprint density at radius 3 is 2.72 bits per heavy atom. The van der Waals surface area contributed by atoms with E-state index in [2.05, 4.69) is 41.2 Å². The lowest BCUT2D eigenvalue weighted by Gasteiger charge is -2.10. The van der Waals surface area contributed by atoms with Gasteiger partial charge < -0.3 is 10.1 Å². The number of pyridine rings is 2. The standard InChI is InChI=1S/C18H10BrClN6O3/c19-12-4-5-13(15-11(12)2-1-7-21-15)29-18-16(26(27)28)17(23-9-24-18)25-14-6-3-10(20)8-22-14/h1-9H,(H,22,23,24,25). The number of anilines is 2. The summed E-state index contributed by atoms with van der Waals surface area (Å²) >= 11 is 9.27. The predicted molar refractivity (Wildman–Crippen MR) is 111 cm³/mol. The molecular formula is C18H10BrClN6O3. The fourth-order valence-corrected chi connectivity index (χ4v) is 3.13. The van der Waals surface area contributed by atoms with Crippen LogP contribution in [-0.4, -0.2) is 24.9 Å². The maximum Gasteiger partial charge on any atom is 0.373 e. The van der Waals surface area contributed by atoms with E-state index in [1.807, 2.05) is 6.07 Å². The third-order valence-corrected chi connectivity index (χ3v) is 4.75. The Balaban J connectivity index is 1.76. The van der Waals surface area contributed by atoms with Crippen molar-refractivity contribution in [2.45, 2.75) is 0 Å². The van der Waals surface area contributed by atoms with Crippen molar-refractivity contribution in [3.05, 3.63) is 74.7 Å². The SMILES string of the molecule is O=[N+]([O-])c1c(Nc2ccc(Cl)cn2)ncnc1Oc1ccc(Br)c2cccnc12. The van der Waals surface area contributed by atoms with Crippen LogP contribution < -0.4 is 10.1 Å². The summed E-state index contributed by atoms with van der Waals surface area (Å²) in [5, 5.41) is 15.8. The molecule has 0 aliphatic rings. The molecule has 0 fully saturated rings. The molecule has 0 amide bonds. The van der Waals surface area contributed by atoms with Gasteiger partial charge in [0.2, 0.25) is 5.82 Å². The summed E-state index contributed by atoms with van der Waals surface area (Å²) in [4.78, 5) is 27.4. The van der Waals surface area contributed by atoms with Gasteiger partial charge in [-0.2, -0.15) is 4.98 Å². The largest absolute Gasteiger partial charge is 0.431 e. The minimum atomic E-state index is -0.623. The fourth-order valence-electron chi connectivity index (χ4n) is 2.56. The van der Waals surface area contributed by atoms with Crippen LogP contribution in [0.25, 0.3) is 10.9 Å². The number of benzene rings is 1. The molecule has 4 aromatic rings. The van der Waals surface area contributed by atoms with Gasteiger partial charge >= 0.3 is 11.6 Å². The molecule has 0 spiro atoms. The normalized spacial score (nSPS) is 10.7. The zero-order valence-corrected chi connectivity index (χ0v) is 16.8. The first kappa shape index (κ1) is 19.0. The lowest BCUT2D eigenvalue weighted by Crippen LogP contribution is -2.04. The van der Waals surface area contributed by atoms with E-state index in [1.165, 1.54) is 6.20 Å². The highest BCUT2D eigenvalue weighted by atomic mass is 79.9. The Kier molecular flexibility index (Phi) is 5.19. The van der Waals surface area contributed by atoms with E-state index >= 15 is 0 Å². The molecule has 4 rings (SSSR count). The van der Waals surface area contributed by atoms with E-state index in [9.17, 15) is 10.1 Å². The lowest BCUT2D eigenvalue weighted by atomic mass is 10.2. The molecule has 1 aromatic carbocycles. The number of fused-ring (bicyclic) bond motifs is 1. The minimum Gasteiger partial charge on any atom is -0.431 e. The van der Waals surface area contributed by atoms with Crippen LogP contribution in [0, 0.1) is 10.1 Å². The van der Waals surface area contributed by atoms with Crippen molar-refractivity contribution in [2.75, 3.05) is 5.32 Å². The zero-order valence-electron chi connectivity index (χ0n) is 14.4. The van der Waals surface area contributed by atoms with Gasteiger partial charge in [-0.3, -0.25) is 15.1 Å². The van der Waals surface area contributed by atoms with E-state index in [4.69, 9.17) is 16.3 Å².